The van der Waals surface area contributed by atoms with Gasteiger partial charge < -0.3 is 20.5 Å². The molecule has 1 heterocycles. The van der Waals surface area contributed by atoms with Gasteiger partial charge in [-0.1, -0.05) is 19.1 Å². The molecule has 2 aromatic rings. The van der Waals surface area contributed by atoms with Gasteiger partial charge >= 0.3 is 0 Å². The summed E-state index contributed by atoms with van der Waals surface area (Å²) >= 11 is 0. The number of aromatic nitrogens is 1. The number of nitrogens with one attached hydrogen (secondary N) is 3. The molecule has 6 heteroatoms. The third kappa shape index (κ3) is 5.79. The van der Waals surface area contributed by atoms with E-state index in [9.17, 15) is 4.79 Å². The van der Waals surface area contributed by atoms with Gasteiger partial charge in [0.05, 0.1) is 6.54 Å². The highest BCUT2D eigenvalue weighted by Crippen LogP contribution is 2.10. The number of amides is 1. The van der Waals surface area contributed by atoms with Crippen LogP contribution in [0, 0.1) is 0 Å². The van der Waals surface area contributed by atoms with E-state index in [1.807, 2.05) is 48.8 Å². The van der Waals surface area contributed by atoms with E-state index >= 15 is 0 Å². The molecular weight excluding hydrogens is 302 g/mol. The number of hydrogen-bond acceptors (Lipinski definition) is 2. The Balaban J connectivity index is 1.72. The van der Waals surface area contributed by atoms with Crippen LogP contribution in [0.25, 0.3) is 0 Å². The van der Waals surface area contributed by atoms with Gasteiger partial charge in [-0.05, 0) is 36.2 Å². The minimum Gasteiger partial charge on any atom is -0.355 e. The van der Waals surface area contributed by atoms with Crippen LogP contribution in [0.3, 0.4) is 0 Å². The van der Waals surface area contributed by atoms with E-state index < -0.39 is 0 Å². The fourth-order valence-corrected chi connectivity index (χ4v) is 2.28. The second-order valence-electron chi connectivity index (χ2n) is 5.38. The highest BCUT2D eigenvalue weighted by Gasteiger charge is 2.04. The topological polar surface area (TPSA) is 70.4 Å². The van der Waals surface area contributed by atoms with Crippen molar-refractivity contribution in [2.75, 3.05) is 25.5 Å². The quantitative estimate of drug-likeness (QED) is 0.537. The lowest BCUT2D eigenvalue weighted by atomic mass is 10.1. The number of aryl methyl sites for hydroxylation is 1. The first kappa shape index (κ1) is 17.6. The first-order valence-electron chi connectivity index (χ1n) is 8.15. The lowest BCUT2D eigenvalue weighted by molar-refractivity contribution is -0.115. The maximum absolute atomic E-state index is 12.0. The number of aliphatic imine (C=N–C) groups is 1. The summed E-state index contributed by atoms with van der Waals surface area (Å²) in [5.74, 6) is 0.510. The Morgan fingerprint density at radius 1 is 1.17 bits per heavy atom. The third-order valence-electron chi connectivity index (χ3n) is 3.59. The number of guanidine groups is 1. The standard InChI is InChI=1S/C18H25N5O/c1-3-15-7-6-8-16(13-15)22-17(24)14-21-18(19-2)20-9-12-23-10-4-5-11-23/h4-8,10-11,13H,3,9,12,14H2,1-2H3,(H,22,24)(H2,19,20,21). The Morgan fingerprint density at radius 2 is 1.96 bits per heavy atom. The first-order chi connectivity index (χ1) is 11.7. The molecule has 3 N–H and O–H groups in total. The number of hydrogen-bond donors (Lipinski definition) is 3. The van der Waals surface area contributed by atoms with E-state index in [0.29, 0.717) is 5.96 Å². The van der Waals surface area contributed by atoms with Crippen molar-refractivity contribution in [2.45, 2.75) is 19.9 Å². The van der Waals surface area contributed by atoms with Crippen molar-refractivity contribution in [2.24, 2.45) is 4.99 Å². The smallest absolute Gasteiger partial charge is 0.243 e. The number of benzene rings is 1. The molecule has 0 spiro atoms. The minimum absolute atomic E-state index is 0.100. The summed E-state index contributed by atoms with van der Waals surface area (Å²) in [4.78, 5) is 16.2. The SMILES string of the molecule is CCc1cccc(NC(=O)CNC(=NC)NCCn2cccc2)c1. The number of carbonyl (C=O) groups is 1. The zero-order valence-corrected chi connectivity index (χ0v) is 14.2. The molecule has 0 aliphatic carbocycles. The van der Waals surface area contributed by atoms with E-state index in [1.165, 1.54) is 5.56 Å². The summed E-state index contributed by atoms with van der Waals surface area (Å²) in [6, 6.07) is 11.9. The predicted octanol–water partition coefficient (Wildman–Crippen LogP) is 1.85. The molecular formula is C18H25N5O. The summed E-state index contributed by atoms with van der Waals surface area (Å²) < 4.78 is 2.08. The Kier molecular flexibility index (Phi) is 6.89. The van der Waals surface area contributed by atoms with Crippen LogP contribution >= 0.6 is 0 Å². The molecule has 1 aromatic carbocycles. The lowest BCUT2D eigenvalue weighted by Crippen LogP contribution is -2.42. The van der Waals surface area contributed by atoms with Crippen LogP contribution in [0.5, 0.6) is 0 Å². The van der Waals surface area contributed by atoms with Crippen molar-refractivity contribution in [3.8, 4) is 0 Å². The van der Waals surface area contributed by atoms with Crippen molar-refractivity contribution in [1.29, 1.82) is 0 Å². The summed E-state index contributed by atoms with van der Waals surface area (Å²) in [7, 11) is 1.69. The van der Waals surface area contributed by atoms with Gasteiger partial charge in [0.15, 0.2) is 5.96 Å². The molecule has 0 fully saturated rings. The summed E-state index contributed by atoms with van der Waals surface area (Å²) in [6.07, 6.45) is 4.96. The van der Waals surface area contributed by atoms with Gasteiger partial charge in [0.25, 0.3) is 0 Å². The molecule has 24 heavy (non-hydrogen) atoms. The fraction of sp³-hybridized carbons (Fsp3) is 0.333. The second kappa shape index (κ2) is 9.39. The molecule has 0 radical (unpaired) electrons. The Morgan fingerprint density at radius 3 is 2.67 bits per heavy atom. The Labute approximate surface area is 143 Å². The van der Waals surface area contributed by atoms with Crippen LogP contribution in [0.15, 0.2) is 53.8 Å². The van der Waals surface area contributed by atoms with Crippen molar-refractivity contribution < 1.29 is 4.79 Å². The summed E-state index contributed by atoms with van der Waals surface area (Å²) in [5, 5.41) is 9.09. The molecule has 0 saturated carbocycles. The molecule has 1 aromatic heterocycles. The van der Waals surface area contributed by atoms with Crippen molar-refractivity contribution >= 4 is 17.6 Å². The maximum atomic E-state index is 12.0. The molecule has 1 amide bonds. The monoisotopic (exact) mass is 327 g/mol. The van der Waals surface area contributed by atoms with Crippen molar-refractivity contribution in [3.05, 3.63) is 54.4 Å². The molecule has 0 atom stereocenters. The number of carbonyl (C=O) groups excluding carboxylic acids is 1. The van der Waals surface area contributed by atoms with Gasteiger partial charge in [-0.25, -0.2) is 0 Å². The van der Waals surface area contributed by atoms with Crippen molar-refractivity contribution in [1.82, 2.24) is 15.2 Å². The van der Waals surface area contributed by atoms with Crippen molar-refractivity contribution in [3.63, 3.8) is 0 Å². The molecule has 0 saturated heterocycles. The molecule has 0 aliphatic rings. The van der Waals surface area contributed by atoms with Crippen LogP contribution in [-0.2, 0) is 17.8 Å². The van der Waals surface area contributed by atoms with Crippen LogP contribution in [-0.4, -0.2) is 36.6 Å². The van der Waals surface area contributed by atoms with Gasteiger partial charge in [-0.2, -0.15) is 0 Å². The minimum atomic E-state index is -0.100. The zero-order valence-electron chi connectivity index (χ0n) is 14.2. The summed E-state index contributed by atoms with van der Waals surface area (Å²) in [5.41, 5.74) is 2.01. The van der Waals surface area contributed by atoms with Crippen LogP contribution in [0.4, 0.5) is 5.69 Å². The lowest BCUT2D eigenvalue weighted by Gasteiger charge is -2.12. The average Bonchev–Trinajstić information content (AvgIpc) is 3.11. The van der Waals surface area contributed by atoms with E-state index in [-0.39, 0.29) is 12.5 Å². The van der Waals surface area contributed by atoms with Gasteiger partial charge in [0.2, 0.25) is 5.91 Å². The number of nitrogens with zero attached hydrogens (tertiary/aromatic N) is 2. The normalized spacial score (nSPS) is 11.2. The van der Waals surface area contributed by atoms with Crippen LogP contribution < -0.4 is 16.0 Å². The zero-order chi connectivity index (χ0) is 17.2. The largest absolute Gasteiger partial charge is 0.355 e. The molecule has 0 bridgehead atoms. The van der Waals surface area contributed by atoms with E-state index in [1.54, 1.807) is 7.05 Å². The number of rotatable bonds is 7. The van der Waals surface area contributed by atoms with Gasteiger partial charge in [-0.15, -0.1) is 0 Å². The fourth-order valence-electron chi connectivity index (χ4n) is 2.28. The Hall–Kier alpha value is -2.76. The molecule has 0 unspecified atom stereocenters. The van der Waals surface area contributed by atoms with Gasteiger partial charge in [0.1, 0.15) is 0 Å². The van der Waals surface area contributed by atoms with Gasteiger partial charge in [-0.3, -0.25) is 9.79 Å². The number of anilines is 1. The summed E-state index contributed by atoms with van der Waals surface area (Å²) in [6.45, 7) is 3.82. The van der Waals surface area contributed by atoms with E-state index in [2.05, 4.69) is 32.4 Å². The molecule has 6 nitrogen and oxygen atoms in total. The molecule has 2 rings (SSSR count). The highest BCUT2D eigenvalue weighted by molar-refractivity contribution is 5.95. The molecule has 0 aliphatic heterocycles. The van der Waals surface area contributed by atoms with E-state index in [0.717, 1.165) is 25.2 Å². The highest BCUT2D eigenvalue weighted by atomic mass is 16.1. The average molecular weight is 327 g/mol. The van der Waals surface area contributed by atoms with E-state index in [4.69, 9.17) is 0 Å². The predicted molar refractivity (Wildman–Crippen MR) is 98.2 cm³/mol. The van der Waals surface area contributed by atoms with Crippen LogP contribution in [0.1, 0.15) is 12.5 Å². The van der Waals surface area contributed by atoms with Gasteiger partial charge in [0, 0.05) is 38.2 Å². The first-order valence-corrected chi connectivity index (χ1v) is 8.15. The van der Waals surface area contributed by atoms with Crippen LogP contribution in [0.2, 0.25) is 0 Å². The third-order valence-corrected chi connectivity index (χ3v) is 3.59. The maximum Gasteiger partial charge on any atom is 0.243 e. The Bertz CT molecular complexity index is 664. The second-order valence-corrected chi connectivity index (χ2v) is 5.38. The molecule has 128 valence electrons.